The maximum atomic E-state index is 13.0. The highest BCUT2D eigenvalue weighted by atomic mass is 32.1. The third kappa shape index (κ3) is 2.55. The maximum absolute atomic E-state index is 13.0. The molecule has 1 aliphatic rings. The maximum Gasteiger partial charge on any atom is 0.256 e. The van der Waals surface area contributed by atoms with Crippen LogP contribution in [0.2, 0.25) is 0 Å². The van der Waals surface area contributed by atoms with Crippen molar-refractivity contribution < 1.29 is 4.79 Å². The molecule has 0 bridgehead atoms. The van der Waals surface area contributed by atoms with Gasteiger partial charge in [-0.25, -0.2) is 4.98 Å². The normalized spacial score (nSPS) is 18.5. The molecule has 4 nitrogen and oxygen atoms in total. The van der Waals surface area contributed by atoms with E-state index in [-0.39, 0.29) is 5.91 Å². The van der Waals surface area contributed by atoms with Gasteiger partial charge < -0.3 is 9.47 Å². The largest absolute Gasteiger partial charge is 0.350 e. The Morgan fingerprint density at radius 3 is 3.04 bits per heavy atom. The molecule has 5 heteroatoms. The standard InChI is InChI=1S/C18H19N3OS/c1-20-12-15(14-6-2-3-7-16(14)20)18(22)21-9-4-5-13(11-21)17-19-8-10-23-17/h2-3,6-8,10,12-13H,4-5,9,11H2,1H3. The lowest BCUT2D eigenvalue weighted by atomic mass is 9.98. The van der Waals surface area contributed by atoms with Crippen LogP contribution in [0.15, 0.2) is 42.0 Å². The van der Waals surface area contributed by atoms with Crippen LogP contribution >= 0.6 is 11.3 Å². The van der Waals surface area contributed by atoms with Crippen molar-refractivity contribution in [2.24, 2.45) is 7.05 Å². The van der Waals surface area contributed by atoms with E-state index in [9.17, 15) is 4.79 Å². The van der Waals surface area contributed by atoms with Crippen LogP contribution < -0.4 is 0 Å². The lowest BCUT2D eigenvalue weighted by Crippen LogP contribution is -2.39. The molecule has 1 aromatic carbocycles. The molecule has 1 unspecified atom stereocenters. The zero-order chi connectivity index (χ0) is 15.8. The first kappa shape index (κ1) is 14.5. The second-order valence-electron chi connectivity index (χ2n) is 6.13. The summed E-state index contributed by atoms with van der Waals surface area (Å²) in [6.07, 6.45) is 5.97. The van der Waals surface area contributed by atoms with Crippen molar-refractivity contribution in [3.63, 3.8) is 0 Å². The number of amides is 1. The average molecular weight is 325 g/mol. The van der Waals surface area contributed by atoms with Gasteiger partial charge in [-0.2, -0.15) is 0 Å². The summed E-state index contributed by atoms with van der Waals surface area (Å²) < 4.78 is 2.03. The predicted molar refractivity (Wildman–Crippen MR) is 92.9 cm³/mol. The summed E-state index contributed by atoms with van der Waals surface area (Å²) in [4.78, 5) is 19.5. The first-order valence-electron chi connectivity index (χ1n) is 7.97. The zero-order valence-corrected chi connectivity index (χ0v) is 13.9. The number of piperidine rings is 1. The monoisotopic (exact) mass is 325 g/mol. The van der Waals surface area contributed by atoms with Crippen LogP contribution in [-0.4, -0.2) is 33.4 Å². The number of likely N-dealkylation sites (tertiary alicyclic amines) is 1. The van der Waals surface area contributed by atoms with Crippen LogP contribution in [0.4, 0.5) is 0 Å². The van der Waals surface area contributed by atoms with E-state index in [2.05, 4.69) is 11.1 Å². The lowest BCUT2D eigenvalue weighted by Gasteiger charge is -2.31. The molecule has 118 valence electrons. The number of benzene rings is 1. The van der Waals surface area contributed by atoms with Gasteiger partial charge in [0.25, 0.3) is 5.91 Å². The molecule has 2 aromatic heterocycles. The number of para-hydroxylation sites is 1. The zero-order valence-electron chi connectivity index (χ0n) is 13.1. The molecule has 1 amide bonds. The van der Waals surface area contributed by atoms with E-state index in [0.29, 0.717) is 5.92 Å². The van der Waals surface area contributed by atoms with Gasteiger partial charge in [-0.15, -0.1) is 11.3 Å². The average Bonchev–Trinajstić information content (AvgIpc) is 3.23. The van der Waals surface area contributed by atoms with Crippen molar-refractivity contribution in [2.45, 2.75) is 18.8 Å². The molecule has 3 aromatic rings. The summed E-state index contributed by atoms with van der Waals surface area (Å²) in [7, 11) is 1.99. The quantitative estimate of drug-likeness (QED) is 0.721. The molecule has 3 heterocycles. The fourth-order valence-electron chi connectivity index (χ4n) is 3.48. The lowest BCUT2D eigenvalue weighted by molar-refractivity contribution is 0.0709. The van der Waals surface area contributed by atoms with Crippen molar-refractivity contribution in [1.29, 1.82) is 0 Å². The van der Waals surface area contributed by atoms with Crippen molar-refractivity contribution in [2.75, 3.05) is 13.1 Å². The third-order valence-electron chi connectivity index (χ3n) is 4.64. The van der Waals surface area contributed by atoms with Crippen molar-refractivity contribution in [3.8, 4) is 0 Å². The number of aromatic nitrogens is 2. The van der Waals surface area contributed by atoms with Crippen molar-refractivity contribution >= 4 is 28.1 Å². The van der Waals surface area contributed by atoms with Gasteiger partial charge in [-0.3, -0.25) is 4.79 Å². The Morgan fingerprint density at radius 2 is 2.22 bits per heavy atom. The molecule has 1 atom stereocenters. The van der Waals surface area contributed by atoms with Gasteiger partial charge in [-0.1, -0.05) is 18.2 Å². The Hall–Kier alpha value is -2.14. The van der Waals surface area contributed by atoms with Crippen molar-refractivity contribution in [3.05, 3.63) is 52.6 Å². The molecule has 1 aliphatic heterocycles. The second kappa shape index (κ2) is 5.81. The van der Waals surface area contributed by atoms with Gasteiger partial charge in [0.15, 0.2) is 0 Å². The highest BCUT2D eigenvalue weighted by molar-refractivity contribution is 7.09. The van der Waals surface area contributed by atoms with E-state index in [4.69, 9.17) is 0 Å². The fourth-order valence-corrected chi connectivity index (χ4v) is 4.25. The number of hydrogen-bond acceptors (Lipinski definition) is 3. The first-order chi connectivity index (χ1) is 11.2. The number of hydrogen-bond donors (Lipinski definition) is 0. The Labute approximate surface area is 139 Å². The Bertz CT molecular complexity index is 837. The highest BCUT2D eigenvalue weighted by Crippen LogP contribution is 2.30. The summed E-state index contributed by atoms with van der Waals surface area (Å²) in [6, 6.07) is 8.09. The minimum Gasteiger partial charge on any atom is -0.350 e. The van der Waals surface area contributed by atoms with Gasteiger partial charge in [0, 0.05) is 54.7 Å². The highest BCUT2D eigenvalue weighted by Gasteiger charge is 2.28. The molecule has 0 saturated carbocycles. The molecule has 23 heavy (non-hydrogen) atoms. The van der Waals surface area contributed by atoms with E-state index in [1.165, 1.54) is 0 Å². The van der Waals surface area contributed by atoms with E-state index >= 15 is 0 Å². The minimum absolute atomic E-state index is 0.142. The first-order valence-corrected chi connectivity index (χ1v) is 8.85. The molecule has 0 N–H and O–H groups in total. The number of thiazole rings is 1. The number of rotatable bonds is 2. The molecule has 0 spiro atoms. The van der Waals surface area contributed by atoms with Crippen LogP contribution in [0.1, 0.15) is 34.1 Å². The summed E-state index contributed by atoms with van der Waals surface area (Å²) >= 11 is 1.69. The Balaban J connectivity index is 1.63. The van der Waals surface area contributed by atoms with Gasteiger partial charge in [0.1, 0.15) is 0 Å². The third-order valence-corrected chi connectivity index (χ3v) is 5.57. The molecular formula is C18H19N3OS. The number of carbonyl (C=O) groups is 1. The van der Waals surface area contributed by atoms with E-state index in [1.54, 1.807) is 11.3 Å². The van der Waals surface area contributed by atoms with E-state index in [1.807, 2.05) is 52.5 Å². The van der Waals surface area contributed by atoms with Gasteiger partial charge >= 0.3 is 0 Å². The van der Waals surface area contributed by atoms with E-state index < -0.39 is 0 Å². The molecule has 0 radical (unpaired) electrons. The van der Waals surface area contributed by atoms with Gasteiger partial charge in [-0.05, 0) is 18.9 Å². The SMILES string of the molecule is Cn1cc(C(=O)N2CCCC(c3nccs3)C2)c2ccccc21. The Morgan fingerprint density at radius 1 is 1.35 bits per heavy atom. The molecule has 0 aliphatic carbocycles. The minimum atomic E-state index is 0.142. The summed E-state index contributed by atoms with van der Waals surface area (Å²) in [5, 5.41) is 4.21. The number of carbonyl (C=O) groups excluding carboxylic acids is 1. The molecule has 1 saturated heterocycles. The van der Waals surface area contributed by atoms with Crippen LogP contribution in [0.5, 0.6) is 0 Å². The molecule has 1 fully saturated rings. The van der Waals surface area contributed by atoms with Gasteiger partial charge in [0.2, 0.25) is 0 Å². The second-order valence-corrected chi connectivity index (χ2v) is 7.06. The van der Waals surface area contributed by atoms with Crippen LogP contribution in [0.25, 0.3) is 10.9 Å². The van der Waals surface area contributed by atoms with E-state index in [0.717, 1.165) is 47.4 Å². The topological polar surface area (TPSA) is 38.1 Å². The van der Waals surface area contributed by atoms with Crippen molar-refractivity contribution in [1.82, 2.24) is 14.5 Å². The van der Waals surface area contributed by atoms with Gasteiger partial charge in [0.05, 0.1) is 10.6 Å². The smallest absolute Gasteiger partial charge is 0.256 e. The Kier molecular flexibility index (Phi) is 3.65. The summed E-state index contributed by atoms with van der Waals surface area (Å²) in [5.74, 6) is 0.519. The fraction of sp³-hybridized carbons (Fsp3) is 0.333. The number of nitrogens with zero attached hydrogens (tertiary/aromatic N) is 3. The number of fused-ring (bicyclic) bond motifs is 1. The van der Waals surface area contributed by atoms with Crippen LogP contribution in [-0.2, 0) is 7.05 Å². The molecular weight excluding hydrogens is 306 g/mol. The summed E-state index contributed by atoms with van der Waals surface area (Å²) in [5.41, 5.74) is 1.91. The number of aryl methyl sites for hydroxylation is 1. The van der Waals surface area contributed by atoms with Crippen LogP contribution in [0, 0.1) is 0 Å². The molecule has 4 rings (SSSR count). The predicted octanol–water partition coefficient (Wildman–Crippen LogP) is 3.65. The summed E-state index contributed by atoms with van der Waals surface area (Å²) in [6.45, 7) is 1.61. The van der Waals surface area contributed by atoms with Crippen LogP contribution in [0.3, 0.4) is 0 Å².